The fourth-order valence-electron chi connectivity index (χ4n) is 1.40. The zero-order valence-corrected chi connectivity index (χ0v) is 9.33. The summed E-state index contributed by atoms with van der Waals surface area (Å²) in [6.07, 6.45) is 0.569. The van der Waals surface area contributed by atoms with E-state index in [9.17, 15) is 4.79 Å². The summed E-state index contributed by atoms with van der Waals surface area (Å²) < 4.78 is 10.3. The van der Waals surface area contributed by atoms with Crippen LogP contribution in [-0.2, 0) is 9.47 Å². The van der Waals surface area contributed by atoms with Gasteiger partial charge in [0, 0.05) is 45.8 Å². The van der Waals surface area contributed by atoms with E-state index in [1.165, 1.54) is 0 Å². The number of carbonyl (C=O) groups excluding carboxylic acids is 1. The Morgan fingerprint density at radius 1 is 1.33 bits per heavy atom. The van der Waals surface area contributed by atoms with E-state index in [0.29, 0.717) is 19.8 Å². The summed E-state index contributed by atoms with van der Waals surface area (Å²) in [5.41, 5.74) is 0. The van der Waals surface area contributed by atoms with Crippen LogP contribution in [0.5, 0.6) is 0 Å². The molecule has 0 unspecified atom stereocenters. The second-order valence-electron chi connectivity index (χ2n) is 3.40. The summed E-state index contributed by atoms with van der Waals surface area (Å²) in [6.45, 7) is 6.96. The van der Waals surface area contributed by atoms with Crippen molar-refractivity contribution in [3.8, 4) is 0 Å². The summed E-state index contributed by atoms with van der Waals surface area (Å²) in [5.74, 6) is 0. The van der Waals surface area contributed by atoms with Gasteiger partial charge in [-0.3, -0.25) is 0 Å². The average molecular weight is 216 g/mol. The number of nitrogens with one attached hydrogen (secondary N) is 1. The molecule has 1 rings (SSSR count). The van der Waals surface area contributed by atoms with Crippen LogP contribution in [0.1, 0.15) is 13.3 Å². The van der Waals surface area contributed by atoms with Crippen molar-refractivity contribution >= 4 is 6.09 Å². The number of rotatable bonds is 5. The van der Waals surface area contributed by atoms with Gasteiger partial charge in [-0.15, -0.1) is 0 Å². The SMILES string of the molecule is CCOCCCOC(=O)N1CCNCC1. The minimum Gasteiger partial charge on any atom is -0.449 e. The van der Waals surface area contributed by atoms with Gasteiger partial charge in [0.1, 0.15) is 0 Å². The molecule has 0 aromatic heterocycles. The lowest BCUT2D eigenvalue weighted by atomic mass is 10.4. The van der Waals surface area contributed by atoms with Crippen molar-refractivity contribution < 1.29 is 14.3 Å². The van der Waals surface area contributed by atoms with E-state index in [1.54, 1.807) is 4.90 Å². The van der Waals surface area contributed by atoms with Gasteiger partial charge >= 0.3 is 6.09 Å². The molecule has 5 nitrogen and oxygen atoms in total. The summed E-state index contributed by atoms with van der Waals surface area (Å²) in [6, 6.07) is 0. The molecule has 0 aromatic carbocycles. The van der Waals surface area contributed by atoms with Gasteiger partial charge in [-0.1, -0.05) is 0 Å². The number of nitrogens with zero attached hydrogens (tertiary/aromatic N) is 1. The second-order valence-corrected chi connectivity index (χ2v) is 3.40. The number of hydrogen-bond donors (Lipinski definition) is 1. The van der Waals surface area contributed by atoms with Gasteiger partial charge in [-0.05, 0) is 6.92 Å². The van der Waals surface area contributed by atoms with Crippen LogP contribution in [0.4, 0.5) is 4.79 Å². The topological polar surface area (TPSA) is 50.8 Å². The number of amides is 1. The molecule has 1 fully saturated rings. The fourth-order valence-corrected chi connectivity index (χ4v) is 1.40. The summed E-state index contributed by atoms with van der Waals surface area (Å²) >= 11 is 0. The molecule has 88 valence electrons. The maximum absolute atomic E-state index is 11.5. The third kappa shape index (κ3) is 4.99. The Kier molecular flexibility index (Phi) is 6.11. The Hall–Kier alpha value is -0.810. The molecule has 0 radical (unpaired) electrons. The predicted molar refractivity (Wildman–Crippen MR) is 56.9 cm³/mol. The predicted octanol–water partition coefficient (Wildman–Crippen LogP) is 0.455. The molecule has 0 atom stereocenters. The number of carbonyl (C=O) groups is 1. The van der Waals surface area contributed by atoms with Crippen LogP contribution in [0.3, 0.4) is 0 Å². The average Bonchev–Trinajstić information content (AvgIpc) is 2.30. The lowest BCUT2D eigenvalue weighted by Gasteiger charge is -2.26. The highest BCUT2D eigenvalue weighted by atomic mass is 16.6. The highest BCUT2D eigenvalue weighted by Gasteiger charge is 2.16. The van der Waals surface area contributed by atoms with E-state index in [0.717, 1.165) is 32.6 Å². The molecular formula is C10H20N2O3. The van der Waals surface area contributed by atoms with Crippen LogP contribution < -0.4 is 5.32 Å². The Labute approximate surface area is 90.7 Å². The maximum atomic E-state index is 11.5. The molecule has 0 aliphatic carbocycles. The van der Waals surface area contributed by atoms with Crippen molar-refractivity contribution in [2.45, 2.75) is 13.3 Å². The molecule has 0 spiro atoms. The summed E-state index contributed by atoms with van der Waals surface area (Å²) in [7, 11) is 0. The Morgan fingerprint density at radius 2 is 2.07 bits per heavy atom. The number of piperazine rings is 1. The monoisotopic (exact) mass is 216 g/mol. The largest absolute Gasteiger partial charge is 0.449 e. The zero-order chi connectivity index (χ0) is 10.9. The smallest absolute Gasteiger partial charge is 0.409 e. The molecule has 0 saturated carbocycles. The molecule has 1 N–H and O–H groups in total. The molecule has 0 aromatic rings. The Morgan fingerprint density at radius 3 is 2.73 bits per heavy atom. The van der Waals surface area contributed by atoms with Crippen molar-refractivity contribution in [1.29, 1.82) is 0 Å². The van der Waals surface area contributed by atoms with E-state index < -0.39 is 0 Å². The first-order valence-corrected chi connectivity index (χ1v) is 5.54. The molecule has 1 aliphatic rings. The van der Waals surface area contributed by atoms with Crippen molar-refractivity contribution in [3.05, 3.63) is 0 Å². The van der Waals surface area contributed by atoms with Gasteiger partial charge in [0.05, 0.1) is 6.61 Å². The van der Waals surface area contributed by atoms with Crippen LogP contribution in [0.25, 0.3) is 0 Å². The quantitative estimate of drug-likeness (QED) is 0.678. The molecule has 5 heteroatoms. The lowest BCUT2D eigenvalue weighted by Crippen LogP contribution is -2.46. The molecule has 0 bridgehead atoms. The first-order chi connectivity index (χ1) is 7.34. The molecular weight excluding hydrogens is 196 g/mol. The van der Waals surface area contributed by atoms with E-state index in [2.05, 4.69) is 5.32 Å². The first-order valence-electron chi connectivity index (χ1n) is 5.54. The van der Waals surface area contributed by atoms with Crippen molar-refractivity contribution in [1.82, 2.24) is 10.2 Å². The normalized spacial score (nSPS) is 16.5. The van der Waals surface area contributed by atoms with Crippen LogP contribution >= 0.6 is 0 Å². The van der Waals surface area contributed by atoms with Crippen molar-refractivity contribution in [3.63, 3.8) is 0 Å². The molecule has 15 heavy (non-hydrogen) atoms. The molecule has 1 amide bonds. The highest BCUT2D eigenvalue weighted by Crippen LogP contribution is 1.97. The Balaban J connectivity index is 2.02. The van der Waals surface area contributed by atoms with Gasteiger partial charge in [0.2, 0.25) is 0 Å². The molecule has 1 heterocycles. The van der Waals surface area contributed by atoms with Crippen LogP contribution in [-0.4, -0.2) is 57.0 Å². The van der Waals surface area contributed by atoms with E-state index >= 15 is 0 Å². The van der Waals surface area contributed by atoms with Crippen LogP contribution in [0.2, 0.25) is 0 Å². The van der Waals surface area contributed by atoms with E-state index in [4.69, 9.17) is 9.47 Å². The van der Waals surface area contributed by atoms with Crippen molar-refractivity contribution in [2.24, 2.45) is 0 Å². The molecule has 1 aliphatic heterocycles. The number of ether oxygens (including phenoxy) is 2. The highest BCUT2D eigenvalue weighted by molar-refractivity contribution is 5.67. The first kappa shape index (κ1) is 12.3. The minimum atomic E-state index is -0.201. The van der Waals surface area contributed by atoms with Crippen molar-refractivity contribution in [2.75, 3.05) is 46.0 Å². The third-order valence-electron chi connectivity index (χ3n) is 2.24. The maximum Gasteiger partial charge on any atom is 0.409 e. The fraction of sp³-hybridized carbons (Fsp3) is 0.900. The van der Waals surface area contributed by atoms with E-state index in [1.807, 2.05) is 6.92 Å². The second kappa shape index (κ2) is 7.48. The van der Waals surface area contributed by atoms with Gasteiger partial charge in [0.25, 0.3) is 0 Å². The Bertz CT molecular complexity index is 182. The summed E-state index contributed by atoms with van der Waals surface area (Å²) in [4.78, 5) is 13.2. The zero-order valence-electron chi connectivity index (χ0n) is 9.33. The molecule has 1 saturated heterocycles. The van der Waals surface area contributed by atoms with Gasteiger partial charge < -0.3 is 19.7 Å². The lowest BCUT2D eigenvalue weighted by molar-refractivity contribution is 0.0804. The van der Waals surface area contributed by atoms with Gasteiger partial charge in [-0.25, -0.2) is 4.79 Å². The summed E-state index contributed by atoms with van der Waals surface area (Å²) in [5, 5.41) is 3.18. The minimum absolute atomic E-state index is 0.201. The third-order valence-corrected chi connectivity index (χ3v) is 2.24. The standard InChI is InChI=1S/C10H20N2O3/c1-2-14-8-3-9-15-10(13)12-6-4-11-5-7-12/h11H,2-9H2,1H3. The van der Waals surface area contributed by atoms with Crippen LogP contribution in [0, 0.1) is 0 Å². The number of hydrogen-bond acceptors (Lipinski definition) is 4. The van der Waals surface area contributed by atoms with E-state index in [-0.39, 0.29) is 6.09 Å². The van der Waals surface area contributed by atoms with Gasteiger partial charge in [-0.2, -0.15) is 0 Å². The van der Waals surface area contributed by atoms with Crippen LogP contribution in [0.15, 0.2) is 0 Å². The van der Waals surface area contributed by atoms with Gasteiger partial charge in [0.15, 0.2) is 0 Å².